The summed E-state index contributed by atoms with van der Waals surface area (Å²) >= 11 is 0. The van der Waals surface area contributed by atoms with Crippen LogP contribution in [0.2, 0.25) is 0 Å². The van der Waals surface area contributed by atoms with Crippen LogP contribution < -0.4 is 4.90 Å². The van der Waals surface area contributed by atoms with Gasteiger partial charge in [-0.15, -0.1) is 0 Å². The van der Waals surface area contributed by atoms with Gasteiger partial charge in [-0.3, -0.25) is 0 Å². The van der Waals surface area contributed by atoms with Gasteiger partial charge >= 0.3 is 0 Å². The Morgan fingerprint density at radius 2 is 1.41 bits per heavy atom. The molecule has 0 amide bonds. The van der Waals surface area contributed by atoms with Crippen molar-refractivity contribution in [3.05, 3.63) is 48.0 Å². The van der Waals surface area contributed by atoms with E-state index in [1.807, 2.05) is 63.2 Å². The van der Waals surface area contributed by atoms with Crippen LogP contribution in [0.4, 0.5) is 11.6 Å². The Morgan fingerprint density at radius 3 is 2.00 bits per heavy atom. The summed E-state index contributed by atoms with van der Waals surface area (Å²) in [4.78, 5) is 14.2. The molecule has 0 spiro atoms. The quantitative estimate of drug-likeness (QED) is 0.441. The van der Waals surface area contributed by atoms with Crippen LogP contribution in [0.25, 0.3) is 10.8 Å². The number of phenolic OH excluding ortho intramolecular Hbond substituents is 1. The molecule has 0 unspecified atom stereocenters. The van der Waals surface area contributed by atoms with Crippen molar-refractivity contribution in [1.29, 1.82) is 0 Å². The Morgan fingerprint density at radius 1 is 0.824 bits per heavy atom. The van der Waals surface area contributed by atoms with E-state index in [1.165, 1.54) is 6.42 Å². The molecular formula is C23H34N10O. The number of nitrogens with zero attached hydrogens (tertiary/aromatic N) is 10. The number of hydrogen-bond donors (Lipinski definition) is 1. The summed E-state index contributed by atoms with van der Waals surface area (Å²) < 4.78 is 0. The van der Waals surface area contributed by atoms with Crippen LogP contribution in [-0.2, 0) is 0 Å². The molecule has 1 aromatic heterocycles. The van der Waals surface area contributed by atoms with E-state index in [1.54, 1.807) is 13.1 Å². The maximum absolute atomic E-state index is 10.1. The number of azo groups is 3. The fourth-order valence-corrected chi connectivity index (χ4v) is 2.44. The lowest BCUT2D eigenvalue weighted by Gasteiger charge is -2.09. The van der Waals surface area contributed by atoms with Crippen LogP contribution in [0.15, 0.2) is 67.1 Å². The third kappa shape index (κ3) is 10.2. The minimum Gasteiger partial charge on any atom is -0.505 e. The van der Waals surface area contributed by atoms with Crippen molar-refractivity contribution in [3.63, 3.8) is 0 Å². The largest absolute Gasteiger partial charge is 0.505 e. The van der Waals surface area contributed by atoms with E-state index in [0.717, 1.165) is 28.4 Å². The first-order valence-corrected chi connectivity index (χ1v) is 10.9. The molecule has 0 saturated carbocycles. The molecule has 0 fully saturated rings. The maximum Gasteiger partial charge on any atom is 0.228 e. The SMILES string of the molecule is CCC.CN=NCN=NCN=Nc1ccc2ccccc2c1O.Cc1nc(C)nc(N(C)C)n1. The number of fused-ring (bicyclic) bond motifs is 1. The molecule has 182 valence electrons. The van der Waals surface area contributed by atoms with Gasteiger partial charge in [0.05, 0.1) is 0 Å². The predicted octanol–water partition coefficient (Wildman–Crippen LogP) is 6.05. The van der Waals surface area contributed by atoms with Crippen LogP contribution in [0.1, 0.15) is 31.9 Å². The predicted molar refractivity (Wildman–Crippen MR) is 135 cm³/mol. The van der Waals surface area contributed by atoms with E-state index in [9.17, 15) is 5.11 Å². The van der Waals surface area contributed by atoms with E-state index in [-0.39, 0.29) is 19.1 Å². The zero-order chi connectivity index (χ0) is 25.3. The second-order valence-electron chi connectivity index (χ2n) is 7.13. The van der Waals surface area contributed by atoms with E-state index >= 15 is 0 Å². The molecule has 0 aliphatic carbocycles. The number of anilines is 1. The number of aromatic nitrogens is 3. The Balaban J connectivity index is 0.000000347. The third-order valence-electron chi connectivity index (χ3n) is 3.80. The van der Waals surface area contributed by atoms with E-state index in [0.29, 0.717) is 5.69 Å². The van der Waals surface area contributed by atoms with Gasteiger partial charge in [0.25, 0.3) is 0 Å². The van der Waals surface area contributed by atoms with Gasteiger partial charge < -0.3 is 10.0 Å². The van der Waals surface area contributed by atoms with E-state index < -0.39 is 0 Å². The highest BCUT2D eigenvalue weighted by Gasteiger charge is 2.04. The minimum atomic E-state index is 0.0888. The lowest BCUT2D eigenvalue weighted by Crippen LogP contribution is -2.14. The molecule has 0 atom stereocenters. The van der Waals surface area contributed by atoms with Crippen LogP contribution in [0, 0.1) is 13.8 Å². The van der Waals surface area contributed by atoms with Gasteiger partial charge in [-0.2, -0.15) is 40.7 Å². The molecule has 0 radical (unpaired) electrons. The zero-order valence-electron chi connectivity index (χ0n) is 21.0. The van der Waals surface area contributed by atoms with Gasteiger partial charge in [0.15, 0.2) is 19.1 Å². The smallest absolute Gasteiger partial charge is 0.228 e. The number of aromatic hydroxyl groups is 1. The summed E-state index contributed by atoms with van der Waals surface area (Å²) in [6, 6.07) is 11.1. The topological polar surface area (TPSA) is 136 Å². The van der Waals surface area contributed by atoms with E-state index in [4.69, 9.17) is 0 Å². The lowest BCUT2D eigenvalue weighted by molar-refractivity contribution is 0.482. The molecule has 0 bridgehead atoms. The molecule has 0 saturated heterocycles. The molecule has 11 heteroatoms. The van der Waals surface area contributed by atoms with Crippen molar-refractivity contribution in [2.45, 2.75) is 34.1 Å². The summed E-state index contributed by atoms with van der Waals surface area (Å²) in [6.07, 6.45) is 1.25. The van der Waals surface area contributed by atoms with Gasteiger partial charge in [-0.05, 0) is 25.3 Å². The Kier molecular flexibility index (Phi) is 13.1. The fourth-order valence-electron chi connectivity index (χ4n) is 2.44. The lowest BCUT2D eigenvalue weighted by atomic mass is 10.1. The van der Waals surface area contributed by atoms with Crippen LogP contribution in [0.5, 0.6) is 5.75 Å². The maximum atomic E-state index is 10.1. The molecule has 3 aromatic rings. The first-order chi connectivity index (χ1) is 16.3. The summed E-state index contributed by atoms with van der Waals surface area (Å²) in [7, 11) is 5.39. The highest BCUT2D eigenvalue weighted by molar-refractivity contribution is 5.92. The third-order valence-corrected chi connectivity index (χ3v) is 3.80. The van der Waals surface area contributed by atoms with Crippen molar-refractivity contribution >= 4 is 22.4 Å². The molecule has 1 N–H and O–H groups in total. The Labute approximate surface area is 200 Å². The molecule has 3 rings (SSSR count). The van der Waals surface area contributed by atoms with Crippen molar-refractivity contribution < 1.29 is 5.11 Å². The first-order valence-electron chi connectivity index (χ1n) is 10.9. The summed E-state index contributed by atoms with van der Waals surface area (Å²) in [6.45, 7) is 8.25. The van der Waals surface area contributed by atoms with Gasteiger partial charge in [-0.1, -0.05) is 50.6 Å². The average molecular weight is 467 g/mol. The van der Waals surface area contributed by atoms with Gasteiger partial charge in [0.2, 0.25) is 5.95 Å². The normalized spacial score (nSPS) is 10.9. The molecule has 1 heterocycles. The number of benzene rings is 2. The zero-order valence-corrected chi connectivity index (χ0v) is 21.0. The van der Waals surface area contributed by atoms with Crippen LogP contribution >= 0.6 is 0 Å². The van der Waals surface area contributed by atoms with Crippen LogP contribution in [0.3, 0.4) is 0 Å². The monoisotopic (exact) mass is 466 g/mol. The Bertz CT molecular complexity index is 1080. The van der Waals surface area contributed by atoms with Gasteiger partial charge in [0.1, 0.15) is 17.3 Å². The average Bonchev–Trinajstić information content (AvgIpc) is 2.80. The summed E-state index contributed by atoms with van der Waals surface area (Å²) in [5.74, 6) is 2.36. The highest BCUT2D eigenvalue weighted by atomic mass is 16.3. The van der Waals surface area contributed by atoms with E-state index in [2.05, 4.69) is 59.5 Å². The highest BCUT2D eigenvalue weighted by Crippen LogP contribution is 2.34. The van der Waals surface area contributed by atoms with Gasteiger partial charge in [0, 0.05) is 26.5 Å². The number of rotatable bonds is 6. The van der Waals surface area contributed by atoms with Crippen LogP contribution in [-0.4, -0.2) is 54.5 Å². The van der Waals surface area contributed by atoms with Crippen molar-refractivity contribution in [1.82, 2.24) is 15.0 Å². The number of aryl methyl sites for hydroxylation is 2. The molecular weight excluding hydrogens is 432 g/mol. The second-order valence-corrected chi connectivity index (χ2v) is 7.13. The summed E-state index contributed by atoms with van der Waals surface area (Å²) in [5.41, 5.74) is 0.409. The number of phenols is 1. The summed E-state index contributed by atoms with van der Waals surface area (Å²) in [5, 5.41) is 34.2. The standard InChI is InChI=1S/C13H14N6O.C7H12N4.C3H8/c1-14-15-8-16-17-9-18-19-12-7-6-10-4-2-3-5-11(10)13(12)20;1-5-8-6(2)10-7(9-5)11(3)4;1-3-2/h2-7,20H,8-9H2,1H3;1-4H3;3H2,1-2H3. The van der Waals surface area contributed by atoms with Crippen molar-refractivity contribution in [3.8, 4) is 5.75 Å². The van der Waals surface area contributed by atoms with Crippen molar-refractivity contribution in [2.75, 3.05) is 39.4 Å². The number of hydrogen-bond acceptors (Lipinski definition) is 11. The molecule has 0 aliphatic rings. The van der Waals surface area contributed by atoms with Crippen molar-refractivity contribution in [2.24, 2.45) is 30.7 Å². The molecule has 0 aliphatic heterocycles. The minimum absolute atomic E-state index is 0.0888. The molecule has 34 heavy (non-hydrogen) atoms. The molecule has 2 aromatic carbocycles. The Hall–Kier alpha value is -3.89. The molecule has 11 nitrogen and oxygen atoms in total. The second kappa shape index (κ2) is 15.8. The first kappa shape index (κ1) is 28.1. The fraction of sp³-hybridized carbons (Fsp3) is 0.435. The van der Waals surface area contributed by atoms with Gasteiger partial charge in [-0.25, -0.2) is 4.98 Å².